The fourth-order valence-electron chi connectivity index (χ4n) is 3.10. The van der Waals surface area contributed by atoms with E-state index < -0.39 is 0 Å². The average molecular weight is 379 g/mol. The van der Waals surface area contributed by atoms with Gasteiger partial charge in [-0.05, 0) is 12.1 Å². The van der Waals surface area contributed by atoms with Crippen molar-refractivity contribution in [1.82, 2.24) is 19.7 Å². The number of rotatable bonds is 2. The zero-order valence-electron chi connectivity index (χ0n) is 13.5. The highest BCUT2D eigenvalue weighted by Crippen LogP contribution is 2.34. The van der Waals surface area contributed by atoms with E-state index in [1.165, 1.54) is 6.20 Å². The molecular weight excluding hydrogens is 363 g/mol. The smallest absolute Gasteiger partial charge is 0.263 e. The van der Waals surface area contributed by atoms with E-state index in [0.717, 1.165) is 18.8 Å². The first kappa shape index (κ1) is 16.2. The Kier molecular flexibility index (Phi) is 4.05. The lowest BCUT2D eigenvalue weighted by atomic mass is 10.2. The zero-order valence-corrected chi connectivity index (χ0v) is 15.0. The van der Waals surface area contributed by atoms with Gasteiger partial charge in [0.15, 0.2) is 5.65 Å². The molecule has 0 saturated carbocycles. The molecule has 1 aliphatic heterocycles. The summed E-state index contributed by atoms with van der Waals surface area (Å²) >= 11 is 12.6. The van der Waals surface area contributed by atoms with Crippen LogP contribution in [0.15, 0.2) is 29.2 Å². The van der Waals surface area contributed by atoms with Crippen molar-refractivity contribution in [3.63, 3.8) is 0 Å². The average Bonchev–Trinajstić information content (AvgIpc) is 2.97. The first-order chi connectivity index (χ1) is 12.0. The van der Waals surface area contributed by atoms with Crippen LogP contribution in [0.4, 0.5) is 11.6 Å². The highest BCUT2D eigenvalue weighted by Gasteiger charge is 2.23. The second-order valence-electron chi connectivity index (χ2n) is 5.94. The van der Waals surface area contributed by atoms with Gasteiger partial charge in [-0.25, -0.2) is 0 Å². The number of piperazine rings is 1. The number of aromatic amines is 1. The van der Waals surface area contributed by atoms with E-state index >= 15 is 0 Å². The zero-order chi connectivity index (χ0) is 17.6. The molecule has 3 heterocycles. The maximum Gasteiger partial charge on any atom is 0.263 e. The van der Waals surface area contributed by atoms with Gasteiger partial charge in [-0.15, -0.1) is 0 Å². The van der Waals surface area contributed by atoms with Gasteiger partial charge in [0.1, 0.15) is 5.39 Å². The molecule has 1 aliphatic rings. The molecule has 0 aliphatic carbocycles. The third-order valence-electron chi connectivity index (χ3n) is 4.42. The maximum absolute atomic E-state index is 12.2. The molecule has 2 aromatic heterocycles. The first-order valence-corrected chi connectivity index (χ1v) is 8.66. The summed E-state index contributed by atoms with van der Waals surface area (Å²) in [6, 6.07) is 5.51. The molecule has 1 fully saturated rings. The number of para-hydroxylation sites is 1. The molecule has 0 atom stereocenters. The Morgan fingerprint density at radius 1 is 1.08 bits per heavy atom. The predicted molar refractivity (Wildman–Crippen MR) is 100 cm³/mol. The number of hydrogen-bond donors (Lipinski definition) is 1. The largest absolute Gasteiger partial charge is 0.366 e. The molecule has 4 rings (SSSR count). The second kappa shape index (κ2) is 6.24. The molecule has 0 bridgehead atoms. The molecule has 1 N–H and O–H groups in total. The molecule has 0 radical (unpaired) electrons. The Labute approximate surface area is 153 Å². The third kappa shape index (κ3) is 2.83. The standard InChI is InChI=1S/C16H16Cl2N6O/c1-22-14-10(9-19-22)15(25)21-16(20-14)24-7-5-23(6-8-24)13-11(17)3-2-4-12(13)18/h2-4,9H,5-8H2,1H3,(H,20,21,25). The van der Waals surface area contributed by atoms with Crippen LogP contribution in [0.5, 0.6) is 0 Å². The minimum absolute atomic E-state index is 0.176. The van der Waals surface area contributed by atoms with Crippen molar-refractivity contribution in [3.8, 4) is 0 Å². The van der Waals surface area contributed by atoms with E-state index in [1.54, 1.807) is 11.7 Å². The van der Waals surface area contributed by atoms with Crippen LogP contribution < -0.4 is 15.4 Å². The van der Waals surface area contributed by atoms with Crippen molar-refractivity contribution in [2.45, 2.75) is 0 Å². The lowest BCUT2D eigenvalue weighted by Crippen LogP contribution is -2.47. The van der Waals surface area contributed by atoms with Gasteiger partial charge < -0.3 is 9.80 Å². The number of aromatic nitrogens is 4. The minimum Gasteiger partial charge on any atom is -0.366 e. The molecule has 0 spiro atoms. The number of aryl methyl sites for hydroxylation is 1. The monoisotopic (exact) mass is 378 g/mol. The van der Waals surface area contributed by atoms with E-state index in [-0.39, 0.29) is 5.56 Å². The summed E-state index contributed by atoms with van der Waals surface area (Å²) in [6.45, 7) is 2.87. The number of anilines is 2. The van der Waals surface area contributed by atoms with E-state index in [9.17, 15) is 4.79 Å². The van der Waals surface area contributed by atoms with Crippen molar-refractivity contribution in [1.29, 1.82) is 0 Å². The fourth-order valence-corrected chi connectivity index (χ4v) is 3.74. The van der Waals surface area contributed by atoms with Crippen molar-refractivity contribution in [2.24, 2.45) is 7.05 Å². The van der Waals surface area contributed by atoms with E-state index in [1.807, 2.05) is 18.2 Å². The lowest BCUT2D eigenvalue weighted by Gasteiger charge is -2.37. The Morgan fingerprint density at radius 3 is 2.40 bits per heavy atom. The summed E-state index contributed by atoms with van der Waals surface area (Å²) in [5.74, 6) is 0.561. The minimum atomic E-state index is -0.176. The number of nitrogens with zero attached hydrogens (tertiary/aromatic N) is 5. The fraction of sp³-hybridized carbons (Fsp3) is 0.312. The molecule has 25 heavy (non-hydrogen) atoms. The molecule has 3 aromatic rings. The van der Waals surface area contributed by atoms with Crippen LogP contribution in [-0.4, -0.2) is 45.9 Å². The molecule has 1 aromatic carbocycles. The lowest BCUT2D eigenvalue weighted by molar-refractivity contribution is 0.639. The molecule has 130 valence electrons. The summed E-state index contributed by atoms with van der Waals surface area (Å²) in [6.07, 6.45) is 1.53. The summed E-state index contributed by atoms with van der Waals surface area (Å²) in [5.41, 5.74) is 1.26. The van der Waals surface area contributed by atoms with Gasteiger partial charge in [-0.1, -0.05) is 29.3 Å². The van der Waals surface area contributed by atoms with Gasteiger partial charge in [-0.2, -0.15) is 10.1 Å². The van der Waals surface area contributed by atoms with Crippen LogP contribution >= 0.6 is 23.2 Å². The normalized spacial score (nSPS) is 15.2. The van der Waals surface area contributed by atoms with Crippen molar-refractivity contribution in [2.75, 3.05) is 36.0 Å². The third-order valence-corrected chi connectivity index (χ3v) is 5.03. The predicted octanol–water partition coefficient (Wildman–Crippen LogP) is 2.29. The van der Waals surface area contributed by atoms with Crippen LogP contribution in [0.2, 0.25) is 10.0 Å². The highest BCUT2D eigenvalue weighted by molar-refractivity contribution is 6.39. The van der Waals surface area contributed by atoms with Crippen molar-refractivity contribution < 1.29 is 0 Å². The molecule has 7 nitrogen and oxygen atoms in total. The Hall–Kier alpha value is -2.25. The van der Waals surface area contributed by atoms with E-state index in [2.05, 4.69) is 24.9 Å². The first-order valence-electron chi connectivity index (χ1n) is 7.90. The molecular formula is C16H16Cl2N6O. The van der Waals surface area contributed by atoms with Crippen LogP contribution in [0.25, 0.3) is 11.0 Å². The highest BCUT2D eigenvalue weighted by atomic mass is 35.5. The maximum atomic E-state index is 12.2. The number of hydrogen-bond acceptors (Lipinski definition) is 5. The van der Waals surface area contributed by atoms with Crippen molar-refractivity contribution in [3.05, 3.63) is 44.8 Å². The number of benzene rings is 1. The van der Waals surface area contributed by atoms with Crippen LogP contribution in [-0.2, 0) is 7.05 Å². The van der Waals surface area contributed by atoms with E-state index in [0.29, 0.717) is 40.1 Å². The van der Waals surface area contributed by atoms with Crippen LogP contribution in [0, 0.1) is 0 Å². The van der Waals surface area contributed by atoms with Gasteiger partial charge in [0.2, 0.25) is 5.95 Å². The summed E-state index contributed by atoms with van der Waals surface area (Å²) in [5, 5.41) is 5.87. The topological polar surface area (TPSA) is 70.1 Å². The number of halogens is 2. The van der Waals surface area contributed by atoms with E-state index in [4.69, 9.17) is 23.2 Å². The summed E-state index contributed by atoms with van der Waals surface area (Å²) in [7, 11) is 1.77. The molecule has 9 heteroatoms. The Morgan fingerprint density at radius 2 is 1.72 bits per heavy atom. The van der Waals surface area contributed by atoms with Gasteiger partial charge in [0, 0.05) is 33.2 Å². The van der Waals surface area contributed by atoms with Crippen LogP contribution in [0.3, 0.4) is 0 Å². The van der Waals surface area contributed by atoms with Gasteiger partial charge in [-0.3, -0.25) is 14.5 Å². The SMILES string of the molecule is Cn1ncc2c(=O)[nH]c(N3CCN(c4c(Cl)cccc4Cl)CC3)nc21. The van der Waals surface area contributed by atoms with Crippen molar-refractivity contribution >= 4 is 45.9 Å². The second-order valence-corrected chi connectivity index (χ2v) is 6.75. The van der Waals surface area contributed by atoms with Gasteiger partial charge in [0.25, 0.3) is 5.56 Å². The molecule has 0 amide bonds. The number of H-pyrrole nitrogens is 1. The van der Waals surface area contributed by atoms with Crippen LogP contribution in [0.1, 0.15) is 0 Å². The summed E-state index contributed by atoms with van der Waals surface area (Å²) in [4.78, 5) is 23.8. The quantitative estimate of drug-likeness (QED) is 0.740. The molecule has 1 saturated heterocycles. The van der Waals surface area contributed by atoms with Gasteiger partial charge >= 0.3 is 0 Å². The number of nitrogens with one attached hydrogen (secondary N) is 1. The Bertz CT molecular complexity index is 970. The Balaban J connectivity index is 1.58. The summed E-state index contributed by atoms with van der Waals surface area (Å²) < 4.78 is 1.60. The van der Waals surface area contributed by atoms with Gasteiger partial charge in [0.05, 0.1) is 21.9 Å². The number of fused-ring (bicyclic) bond motifs is 1. The molecule has 0 unspecified atom stereocenters.